The molecule has 0 aliphatic heterocycles. The lowest BCUT2D eigenvalue weighted by molar-refractivity contribution is -0.143. The van der Waals surface area contributed by atoms with E-state index in [1.165, 1.54) is 20.8 Å². The molecule has 1 aromatic carbocycles. The van der Waals surface area contributed by atoms with Gasteiger partial charge in [0.25, 0.3) is 0 Å². The van der Waals surface area contributed by atoms with Gasteiger partial charge in [0.15, 0.2) is 0 Å². The Labute approximate surface area is 101 Å². The van der Waals surface area contributed by atoms with Crippen LogP contribution in [0.25, 0.3) is 0 Å². The number of hydrogen-bond acceptors (Lipinski definition) is 0. The first-order chi connectivity index (χ1) is 7.94. The second kappa shape index (κ2) is 4.48. The van der Waals surface area contributed by atoms with Gasteiger partial charge in [0, 0.05) is 0 Å². The van der Waals surface area contributed by atoms with Gasteiger partial charge in [-0.25, -0.2) is 0 Å². The largest absolute Gasteiger partial charge is 0.416 e. The summed E-state index contributed by atoms with van der Waals surface area (Å²) in [5, 5.41) is 0. The Morgan fingerprint density at radius 2 is 1.39 bits per heavy atom. The summed E-state index contributed by atoms with van der Waals surface area (Å²) in [6.07, 6.45) is -9.56. The predicted molar refractivity (Wildman–Crippen MR) is 55.3 cm³/mol. The van der Waals surface area contributed by atoms with E-state index in [1.807, 2.05) is 0 Å². The fourth-order valence-corrected chi connectivity index (χ4v) is 1.96. The fourth-order valence-electron chi connectivity index (χ4n) is 1.96. The van der Waals surface area contributed by atoms with Crippen molar-refractivity contribution in [2.24, 2.45) is 0 Å². The van der Waals surface area contributed by atoms with Crippen LogP contribution in [0.3, 0.4) is 0 Å². The van der Waals surface area contributed by atoms with Crippen LogP contribution >= 0.6 is 0 Å². The lowest BCUT2D eigenvalue weighted by Gasteiger charge is -2.20. The van der Waals surface area contributed by atoms with Gasteiger partial charge in [-0.05, 0) is 36.1 Å². The highest BCUT2D eigenvalue weighted by atomic mass is 19.4. The standard InChI is InChI=1S/C12H12F6/c1-6(2)10-7(3)4-8(11(13,14)15)5-9(10)12(16,17)18/h4-6H,1-3H3. The van der Waals surface area contributed by atoms with E-state index in [0.717, 1.165) is 6.07 Å². The third kappa shape index (κ3) is 2.97. The molecule has 0 saturated heterocycles. The van der Waals surface area contributed by atoms with Gasteiger partial charge < -0.3 is 0 Å². The van der Waals surface area contributed by atoms with Gasteiger partial charge in [0.2, 0.25) is 0 Å². The average Bonchev–Trinajstić information content (AvgIpc) is 2.12. The first-order valence-corrected chi connectivity index (χ1v) is 5.23. The zero-order valence-corrected chi connectivity index (χ0v) is 10.00. The van der Waals surface area contributed by atoms with E-state index in [9.17, 15) is 26.3 Å². The van der Waals surface area contributed by atoms with Gasteiger partial charge in [0.05, 0.1) is 11.1 Å². The fraction of sp³-hybridized carbons (Fsp3) is 0.500. The number of hydrogen-bond donors (Lipinski definition) is 0. The number of alkyl halides is 6. The van der Waals surface area contributed by atoms with E-state index in [1.54, 1.807) is 0 Å². The number of benzene rings is 1. The minimum atomic E-state index is -4.79. The Hall–Kier alpha value is -1.20. The molecule has 0 spiro atoms. The number of aryl methyl sites for hydroxylation is 1. The zero-order valence-electron chi connectivity index (χ0n) is 10.00. The summed E-state index contributed by atoms with van der Waals surface area (Å²) in [6, 6.07) is 0.937. The first-order valence-electron chi connectivity index (χ1n) is 5.23. The minimum Gasteiger partial charge on any atom is -0.166 e. The second-order valence-corrected chi connectivity index (χ2v) is 4.40. The molecule has 0 saturated carbocycles. The van der Waals surface area contributed by atoms with Crippen molar-refractivity contribution in [1.29, 1.82) is 0 Å². The van der Waals surface area contributed by atoms with Crippen LogP contribution in [0.15, 0.2) is 12.1 Å². The lowest BCUT2D eigenvalue weighted by atomic mass is 9.90. The molecule has 0 heterocycles. The SMILES string of the molecule is Cc1cc(C(F)(F)F)cc(C(F)(F)F)c1C(C)C. The molecule has 1 aromatic rings. The minimum absolute atomic E-state index is 0.00662. The highest BCUT2D eigenvalue weighted by Gasteiger charge is 2.39. The Morgan fingerprint density at radius 1 is 0.889 bits per heavy atom. The van der Waals surface area contributed by atoms with Gasteiger partial charge in [0.1, 0.15) is 0 Å². The van der Waals surface area contributed by atoms with E-state index in [2.05, 4.69) is 0 Å². The highest BCUT2D eigenvalue weighted by Crippen LogP contribution is 2.40. The van der Waals surface area contributed by atoms with Crippen molar-refractivity contribution >= 4 is 0 Å². The summed E-state index contributed by atoms with van der Waals surface area (Å²) in [5.74, 6) is -0.496. The second-order valence-electron chi connectivity index (χ2n) is 4.40. The molecule has 102 valence electrons. The maximum absolute atomic E-state index is 12.8. The van der Waals surface area contributed by atoms with Gasteiger partial charge >= 0.3 is 12.4 Å². The molecule has 0 amide bonds. The quantitative estimate of drug-likeness (QED) is 0.618. The number of rotatable bonds is 1. The van der Waals surface area contributed by atoms with Gasteiger partial charge in [-0.1, -0.05) is 13.8 Å². The van der Waals surface area contributed by atoms with Crippen LogP contribution < -0.4 is 0 Å². The van der Waals surface area contributed by atoms with Crippen molar-refractivity contribution in [3.8, 4) is 0 Å². The third-order valence-electron chi connectivity index (χ3n) is 2.60. The Kier molecular flexibility index (Phi) is 3.70. The molecule has 6 heteroatoms. The van der Waals surface area contributed by atoms with E-state index in [4.69, 9.17) is 0 Å². The van der Waals surface area contributed by atoms with Crippen LogP contribution in [0, 0.1) is 6.92 Å². The third-order valence-corrected chi connectivity index (χ3v) is 2.60. The summed E-state index contributed by atoms with van der Waals surface area (Å²) in [7, 11) is 0. The highest BCUT2D eigenvalue weighted by molar-refractivity contribution is 5.43. The summed E-state index contributed by atoms with van der Waals surface area (Å²) in [5.41, 5.74) is -2.55. The van der Waals surface area contributed by atoms with Gasteiger partial charge in [-0.2, -0.15) is 26.3 Å². The molecule has 0 aromatic heterocycles. The van der Waals surface area contributed by atoms with Crippen LogP contribution in [0.5, 0.6) is 0 Å². The average molecular weight is 270 g/mol. The molecule has 0 N–H and O–H groups in total. The maximum Gasteiger partial charge on any atom is 0.416 e. The Balaban J connectivity index is 3.58. The molecule has 0 fully saturated rings. The van der Waals surface area contributed by atoms with Crippen molar-refractivity contribution < 1.29 is 26.3 Å². The van der Waals surface area contributed by atoms with Crippen LogP contribution in [-0.4, -0.2) is 0 Å². The molecule has 0 aliphatic rings. The van der Waals surface area contributed by atoms with Crippen LogP contribution in [0.2, 0.25) is 0 Å². The Bertz CT molecular complexity index is 439. The molecule has 1 rings (SSSR count). The zero-order chi connectivity index (χ0) is 14.3. The molecule has 0 radical (unpaired) electrons. The van der Waals surface area contributed by atoms with Crippen LogP contribution in [-0.2, 0) is 12.4 Å². The summed E-state index contributed by atoms with van der Waals surface area (Å²) >= 11 is 0. The van der Waals surface area contributed by atoms with Crippen LogP contribution in [0.4, 0.5) is 26.3 Å². The molecule has 0 atom stereocenters. The summed E-state index contributed by atoms with van der Waals surface area (Å²) in [6.45, 7) is 4.30. The van der Waals surface area contributed by atoms with Crippen molar-refractivity contribution in [2.75, 3.05) is 0 Å². The van der Waals surface area contributed by atoms with Crippen molar-refractivity contribution in [1.82, 2.24) is 0 Å². The van der Waals surface area contributed by atoms with Gasteiger partial charge in [-0.15, -0.1) is 0 Å². The molecular weight excluding hydrogens is 258 g/mol. The smallest absolute Gasteiger partial charge is 0.166 e. The number of halogens is 6. The van der Waals surface area contributed by atoms with Crippen molar-refractivity contribution in [3.63, 3.8) is 0 Å². The van der Waals surface area contributed by atoms with E-state index >= 15 is 0 Å². The van der Waals surface area contributed by atoms with E-state index in [-0.39, 0.29) is 17.2 Å². The molecule has 0 bridgehead atoms. The lowest BCUT2D eigenvalue weighted by Crippen LogP contribution is -2.15. The first kappa shape index (κ1) is 14.9. The normalized spacial score (nSPS) is 13.2. The maximum atomic E-state index is 12.8. The summed E-state index contributed by atoms with van der Waals surface area (Å²) < 4.78 is 75.9. The van der Waals surface area contributed by atoms with E-state index < -0.39 is 29.4 Å². The molecule has 0 unspecified atom stereocenters. The molecule has 0 nitrogen and oxygen atoms in total. The van der Waals surface area contributed by atoms with E-state index in [0.29, 0.717) is 0 Å². The molecular formula is C12H12F6. The monoisotopic (exact) mass is 270 g/mol. The van der Waals surface area contributed by atoms with Crippen molar-refractivity contribution in [3.05, 3.63) is 34.4 Å². The topological polar surface area (TPSA) is 0 Å². The molecule has 0 aliphatic carbocycles. The molecule has 18 heavy (non-hydrogen) atoms. The summed E-state index contributed by atoms with van der Waals surface area (Å²) in [4.78, 5) is 0. The van der Waals surface area contributed by atoms with Gasteiger partial charge in [-0.3, -0.25) is 0 Å². The van der Waals surface area contributed by atoms with Crippen LogP contribution in [0.1, 0.15) is 42.0 Å². The van der Waals surface area contributed by atoms with Crippen molar-refractivity contribution in [2.45, 2.75) is 39.0 Å². The predicted octanol–water partition coefficient (Wildman–Crippen LogP) is 5.16. The Morgan fingerprint density at radius 3 is 1.72 bits per heavy atom.